The van der Waals surface area contributed by atoms with E-state index < -0.39 is 0 Å². The zero-order valence-electron chi connectivity index (χ0n) is 14.0. The monoisotopic (exact) mass is 268 g/mol. The molecule has 0 aliphatic carbocycles. The molecule has 0 aromatic heterocycles. The molecule has 0 saturated heterocycles. The number of hydrogen-bond acceptors (Lipinski definition) is 3. The molecule has 2 N–H and O–H groups in total. The maximum atomic E-state index is 5.98. The van der Waals surface area contributed by atoms with Crippen LogP contribution in [-0.2, 0) is 4.74 Å². The molecule has 0 spiro atoms. The van der Waals surface area contributed by atoms with Crippen molar-refractivity contribution >= 4 is 0 Å². The predicted octanol–water partition coefficient (Wildman–Crippen LogP) is 4.28. The topological polar surface area (TPSA) is 33.3 Å². The van der Waals surface area contributed by atoms with E-state index in [0.717, 1.165) is 24.6 Å². The summed E-state index contributed by atoms with van der Waals surface area (Å²) in [4.78, 5) is 0. The molecule has 0 aromatic rings. The molecule has 0 unspecified atom stereocenters. The van der Waals surface area contributed by atoms with E-state index in [1.807, 2.05) is 0 Å². The van der Waals surface area contributed by atoms with E-state index in [1.54, 1.807) is 0 Å². The van der Waals surface area contributed by atoms with Crippen molar-refractivity contribution in [3.05, 3.63) is 23.9 Å². The summed E-state index contributed by atoms with van der Waals surface area (Å²) in [6.07, 6.45) is 6.01. The Labute approximate surface area is 119 Å². The third-order valence-corrected chi connectivity index (χ3v) is 2.00. The van der Waals surface area contributed by atoms with Gasteiger partial charge in [-0.3, -0.25) is 0 Å². The van der Waals surface area contributed by atoms with E-state index in [4.69, 9.17) is 4.74 Å². The van der Waals surface area contributed by atoms with Gasteiger partial charge in [0.2, 0.25) is 0 Å². The number of nitrogens with one attached hydrogen (secondary N) is 2. The highest BCUT2D eigenvalue weighted by atomic mass is 16.5. The molecule has 0 bridgehead atoms. The summed E-state index contributed by atoms with van der Waals surface area (Å²) in [5.41, 5.74) is -0.0277. The van der Waals surface area contributed by atoms with Gasteiger partial charge in [-0.2, -0.15) is 0 Å². The van der Waals surface area contributed by atoms with Crippen molar-refractivity contribution in [2.75, 3.05) is 0 Å². The highest BCUT2D eigenvalue weighted by molar-refractivity contribution is 5.03. The van der Waals surface area contributed by atoms with E-state index in [0.29, 0.717) is 0 Å². The molecule has 0 aliphatic rings. The van der Waals surface area contributed by atoms with Gasteiger partial charge < -0.3 is 15.4 Å². The Morgan fingerprint density at radius 3 is 1.32 bits per heavy atom. The zero-order valence-corrected chi connectivity index (χ0v) is 14.0. The molecule has 3 heteroatoms. The van der Waals surface area contributed by atoms with E-state index in [1.165, 1.54) is 0 Å². The van der Waals surface area contributed by atoms with Crippen molar-refractivity contribution in [1.29, 1.82) is 0 Å². The van der Waals surface area contributed by atoms with Gasteiger partial charge in [0.1, 0.15) is 0 Å². The number of hydrogen-bond donors (Lipinski definition) is 2. The maximum absolute atomic E-state index is 5.98. The van der Waals surface area contributed by atoms with Gasteiger partial charge in [-0.25, -0.2) is 0 Å². The van der Waals surface area contributed by atoms with Gasteiger partial charge in [-0.1, -0.05) is 13.8 Å². The van der Waals surface area contributed by atoms with Crippen LogP contribution in [0.3, 0.4) is 0 Å². The molecule has 0 rings (SSSR count). The van der Waals surface area contributed by atoms with Crippen LogP contribution in [0.2, 0.25) is 0 Å². The lowest BCUT2D eigenvalue weighted by atomic mass is 10.1. The third-order valence-electron chi connectivity index (χ3n) is 2.00. The molecule has 0 aliphatic heterocycles. The molecule has 0 atom stereocenters. The Bertz CT molecular complexity index is 285. The molecule has 0 radical (unpaired) electrons. The van der Waals surface area contributed by atoms with Crippen molar-refractivity contribution in [3.63, 3.8) is 0 Å². The van der Waals surface area contributed by atoms with E-state index in [-0.39, 0.29) is 11.1 Å². The predicted molar refractivity (Wildman–Crippen MR) is 83.6 cm³/mol. The highest BCUT2D eigenvalue weighted by Crippen LogP contribution is 2.12. The van der Waals surface area contributed by atoms with Crippen LogP contribution in [0.25, 0.3) is 0 Å². The van der Waals surface area contributed by atoms with Gasteiger partial charge in [0, 0.05) is 11.1 Å². The largest absolute Gasteiger partial charge is 0.426 e. The summed E-state index contributed by atoms with van der Waals surface area (Å²) < 4.78 is 5.98. The first kappa shape index (κ1) is 17.9. The summed E-state index contributed by atoms with van der Waals surface area (Å²) in [6, 6.07) is 0. The number of allylic oxidation sites excluding steroid dienone is 2. The SMILES string of the molecule is CC/C=C(/NC(C)(C)C)O/C(=C\CC)NC(C)(C)C. The molecule has 0 amide bonds. The second-order valence-electron chi connectivity index (χ2n) is 6.81. The quantitative estimate of drug-likeness (QED) is 0.705. The molecule has 112 valence electrons. The molecule has 0 heterocycles. The fraction of sp³-hybridized carbons (Fsp3) is 0.750. The van der Waals surface area contributed by atoms with Gasteiger partial charge in [0.25, 0.3) is 0 Å². The molecular weight excluding hydrogens is 236 g/mol. The maximum Gasteiger partial charge on any atom is 0.191 e. The minimum atomic E-state index is -0.0138. The van der Waals surface area contributed by atoms with Crippen molar-refractivity contribution in [1.82, 2.24) is 10.6 Å². The van der Waals surface area contributed by atoms with Gasteiger partial charge in [0.05, 0.1) is 0 Å². The Morgan fingerprint density at radius 2 is 1.11 bits per heavy atom. The summed E-state index contributed by atoms with van der Waals surface area (Å²) in [5, 5.41) is 6.78. The van der Waals surface area contributed by atoms with Gasteiger partial charge >= 0.3 is 0 Å². The van der Waals surface area contributed by atoms with Gasteiger partial charge in [-0.15, -0.1) is 0 Å². The van der Waals surface area contributed by atoms with E-state index >= 15 is 0 Å². The lowest BCUT2D eigenvalue weighted by molar-refractivity contribution is 0.204. The first-order chi connectivity index (χ1) is 8.57. The van der Waals surface area contributed by atoms with Crippen LogP contribution in [0.1, 0.15) is 68.2 Å². The summed E-state index contributed by atoms with van der Waals surface area (Å²) in [5.74, 6) is 1.62. The lowest BCUT2D eigenvalue weighted by Crippen LogP contribution is -2.39. The third kappa shape index (κ3) is 10.5. The van der Waals surface area contributed by atoms with E-state index in [9.17, 15) is 0 Å². The van der Waals surface area contributed by atoms with Crippen molar-refractivity contribution < 1.29 is 4.74 Å². The summed E-state index contributed by atoms with van der Waals surface area (Å²) >= 11 is 0. The van der Waals surface area contributed by atoms with Crippen LogP contribution in [0, 0.1) is 0 Å². The Kier molecular flexibility index (Phi) is 7.02. The van der Waals surface area contributed by atoms with Crippen LogP contribution in [0.5, 0.6) is 0 Å². The highest BCUT2D eigenvalue weighted by Gasteiger charge is 2.16. The van der Waals surface area contributed by atoms with Crippen molar-refractivity contribution in [2.24, 2.45) is 0 Å². The number of ether oxygens (including phenoxy) is 1. The molecule has 19 heavy (non-hydrogen) atoms. The average molecular weight is 268 g/mol. The normalized spacial score (nSPS) is 14.3. The molecule has 3 nitrogen and oxygen atoms in total. The fourth-order valence-corrected chi connectivity index (χ4v) is 1.46. The zero-order chi connectivity index (χ0) is 15.1. The summed E-state index contributed by atoms with van der Waals surface area (Å²) in [6.45, 7) is 17.0. The standard InChI is InChI=1S/C16H32N2O/c1-9-11-13(17-15(3,4)5)19-14(12-10-2)18-16(6,7)8/h11-12,17-18H,9-10H2,1-8H3/b13-11-,14-12-. The Morgan fingerprint density at radius 1 is 0.789 bits per heavy atom. The lowest BCUT2D eigenvalue weighted by Gasteiger charge is -2.28. The fourth-order valence-electron chi connectivity index (χ4n) is 1.46. The first-order valence-electron chi connectivity index (χ1n) is 7.22. The Hall–Kier alpha value is -1.12. The smallest absolute Gasteiger partial charge is 0.191 e. The molecule has 0 saturated carbocycles. The second kappa shape index (κ2) is 7.46. The Balaban J connectivity index is 4.87. The molecular formula is C16H32N2O. The van der Waals surface area contributed by atoms with Crippen LogP contribution in [-0.4, -0.2) is 11.1 Å². The van der Waals surface area contributed by atoms with Crippen molar-refractivity contribution in [3.8, 4) is 0 Å². The van der Waals surface area contributed by atoms with Gasteiger partial charge in [-0.05, 0) is 66.5 Å². The summed E-state index contributed by atoms with van der Waals surface area (Å²) in [7, 11) is 0. The molecule has 0 aromatic carbocycles. The minimum Gasteiger partial charge on any atom is -0.426 e. The van der Waals surface area contributed by atoms with Crippen LogP contribution >= 0.6 is 0 Å². The average Bonchev–Trinajstić information content (AvgIpc) is 2.12. The van der Waals surface area contributed by atoms with Crippen LogP contribution in [0.15, 0.2) is 23.9 Å². The van der Waals surface area contributed by atoms with Crippen LogP contribution < -0.4 is 10.6 Å². The van der Waals surface area contributed by atoms with Gasteiger partial charge in [0.15, 0.2) is 11.8 Å². The van der Waals surface area contributed by atoms with Crippen LogP contribution in [0.4, 0.5) is 0 Å². The second-order valence-corrected chi connectivity index (χ2v) is 6.81. The number of rotatable bonds is 6. The first-order valence-corrected chi connectivity index (χ1v) is 7.22. The molecule has 0 fully saturated rings. The van der Waals surface area contributed by atoms with E-state index in [2.05, 4.69) is 78.2 Å². The minimum absolute atomic E-state index is 0.0138. The van der Waals surface area contributed by atoms with Crippen molar-refractivity contribution in [2.45, 2.75) is 79.3 Å².